The maximum absolute atomic E-state index is 6.04. The van der Waals surface area contributed by atoms with Crippen LogP contribution in [0.5, 0.6) is 0 Å². The molecule has 0 spiro atoms. The smallest absolute Gasteiger partial charge is 0.0694 e. The molecule has 40 heavy (non-hydrogen) atoms. The molecule has 1 aromatic heterocycles. The number of aryl methyl sites for hydroxylation is 1. The number of hydrogen-bond acceptors (Lipinski definition) is 3. The normalized spacial score (nSPS) is 11.7. The summed E-state index contributed by atoms with van der Waals surface area (Å²) in [5.74, 6) is 0.724. The molecule has 4 heteroatoms. The second-order valence-electron chi connectivity index (χ2n) is 10.9. The largest absolute Gasteiger partial charge is 0.380 e. The van der Waals surface area contributed by atoms with Crippen LogP contribution in [0.2, 0.25) is 0 Å². The van der Waals surface area contributed by atoms with Crippen molar-refractivity contribution >= 4 is 45.7 Å². The van der Waals surface area contributed by atoms with Gasteiger partial charge in [0.15, 0.2) is 0 Å². The fourth-order valence-electron chi connectivity index (χ4n) is 5.33. The predicted octanol–water partition coefficient (Wildman–Crippen LogP) is 9.72. The Morgan fingerprint density at radius 2 is 1.23 bits per heavy atom. The van der Waals surface area contributed by atoms with Crippen molar-refractivity contribution in [3.63, 3.8) is 0 Å². The summed E-state index contributed by atoms with van der Waals surface area (Å²) in [5.41, 5.74) is 6.24. The molecule has 0 unspecified atom stereocenters. The van der Waals surface area contributed by atoms with Crippen molar-refractivity contribution in [1.29, 1.82) is 0 Å². The standard InChI is InChI=1S/C36H39N2PS/c1-26(2)31-19-14-20-32(27(3)4)36(31)38-39(29-15-8-6-9-16-29,30-17-10-7-11-18-30)34-22-13-12-21-33(34)37-25-35-28(5)23-24-40-35/h6-24,26-27,37H,25H2,1-5H3. The Labute approximate surface area is 244 Å². The molecule has 0 fully saturated rings. The Morgan fingerprint density at radius 3 is 1.75 bits per heavy atom. The van der Waals surface area contributed by atoms with E-state index in [0.29, 0.717) is 11.8 Å². The van der Waals surface area contributed by atoms with E-state index >= 15 is 0 Å². The molecular weight excluding hydrogens is 523 g/mol. The molecule has 0 aliphatic carbocycles. The van der Waals surface area contributed by atoms with Crippen LogP contribution in [0, 0.1) is 6.92 Å². The molecule has 0 saturated carbocycles. The quantitative estimate of drug-likeness (QED) is 0.178. The van der Waals surface area contributed by atoms with Crippen molar-refractivity contribution in [2.24, 2.45) is 4.74 Å². The van der Waals surface area contributed by atoms with Gasteiger partial charge in [0.25, 0.3) is 0 Å². The molecule has 0 bridgehead atoms. The first-order chi connectivity index (χ1) is 19.4. The van der Waals surface area contributed by atoms with Gasteiger partial charge in [-0.25, -0.2) is 0 Å². The summed E-state index contributed by atoms with van der Waals surface area (Å²) >= 11 is 1.81. The zero-order valence-corrected chi connectivity index (χ0v) is 25.8. The number of hydrogen-bond donors (Lipinski definition) is 1. The van der Waals surface area contributed by atoms with Gasteiger partial charge in [-0.3, -0.25) is 4.74 Å². The number of thiophene rings is 1. The summed E-state index contributed by atoms with van der Waals surface area (Å²) in [6.07, 6.45) is 0. The van der Waals surface area contributed by atoms with Crippen LogP contribution < -0.4 is 21.2 Å². The van der Waals surface area contributed by atoms with Crippen molar-refractivity contribution in [3.8, 4) is 0 Å². The maximum atomic E-state index is 6.04. The molecule has 0 atom stereocenters. The molecule has 0 radical (unpaired) electrons. The van der Waals surface area contributed by atoms with Crippen LogP contribution in [-0.2, 0) is 6.54 Å². The third-order valence-electron chi connectivity index (χ3n) is 7.51. The van der Waals surface area contributed by atoms with Gasteiger partial charge in [-0.15, -0.1) is 11.3 Å². The first kappa shape index (κ1) is 28.1. The molecule has 0 amide bonds. The van der Waals surface area contributed by atoms with Gasteiger partial charge in [-0.05, 0) is 53.0 Å². The van der Waals surface area contributed by atoms with E-state index < -0.39 is 7.05 Å². The number of nitrogens with one attached hydrogen (secondary N) is 1. The van der Waals surface area contributed by atoms with Crippen molar-refractivity contribution in [3.05, 3.63) is 136 Å². The highest BCUT2D eigenvalue weighted by Crippen LogP contribution is 2.53. The van der Waals surface area contributed by atoms with Crippen molar-refractivity contribution in [2.45, 2.75) is 53.0 Å². The van der Waals surface area contributed by atoms with Gasteiger partial charge in [0.2, 0.25) is 0 Å². The summed E-state index contributed by atoms with van der Waals surface area (Å²) < 4.78 is 6.04. The summed E-state index contributed by atoms with van der Waals surface area (Å²) in [4.78, 5) is 1.36. The first-order valence-corrected chi connectivity index (χ1v) is 16.8. The second-order valence-corrected chi connectivity index (χ2v) is 14.9. The lowest BCUT2D eigenvalue weighted by Gasteiger charge is -2.30. The van der Waals surface area contributed by atoms with E-state index in [1.807, 2.05) is 11.3 Å². The minimum atomic E-state index is -2.50. The topological polar surface area (TPSA) is 24.4 Å². The number of nitrogens with zero attached hydrogens (tertiary/aromatic N) is 1. The molecule has 5 aromatic rings. The number of anilines is 1. The van der Waals surface area contributed by atoms with Crippen LogP contribution in [0.25, 0.3) is 0 Å². The summed E-state index contributed by atoms with van der Waals surface area (Å²) in [7, 11) is -2.50. The van der Waals surface area contributed by atoms with Crippen LogP contribution in [0.15, 0.2) is 119 Å². The monoisotopic (exact) mass is 562 g/mol. The highest BCUT2D eigenvalue weighted by molar-refractivity contribution is 7.87. The van der Waals surface area contributed by atoms with E-state index in [-0.39, 0.29) is 0 Å². The molecule has 2 nitrogen and oxygen atoms in total. The third-order valence-corrected chi connectivity index (χ3v) is 12.2. The molecule has 5 rings (SSSR count). The fourth-order valence-corrected chi connectivity index (χ4v) is 9.91. The van der Waals surface area contributed by atoms with Gasteiger partial charge >= 0.3 is 0 Å². The Kier molecular flexibility index (Phi) is 8.74. The molecule has 1 N–H and O–H groups in total. The number of para-hydroxylation sites is 1. The van der Waals surface area contributed by atoms with E-state index in [9.17, 15) is 0 Å². The Hall–Kier alpha value is -3.39. The molecule has 1 heterocycles. The third kappa shape index (κ3) is 5.59. The molecule has 0 saturated heterocycles. The highest BCUT2D eigenvalue weighted by Gasteiger charge is 2.31. The average Bonchev–Trinajstić information content (AvgIpc) is 3.40. The summed E-state index contributed by atoms with van der Waals surface area (Å²) in [5, 5.41) is 9.80. The molecule has 0 aliphatic heterocycles. The van der Waals surface area contributed by atoms with Crippen LogP contribution in [0.3, 0.4) is 0 Å². The van der Waals surface area contributed by atoms with E-state index in [1.165, 1.54) is 37.5 Å². The fraction of sp³-hybridized carbons (Fsp3) is 0.222. The van der Waals surface area contributed by atoms with Crippen LogP contribution >= 0.6 is 18.4 Å². The Balaban J connectivity index is 1.89. The van der Waals surface area contributed by atoms with Crippen molar-refractivity contribution < 1.29 is 0 Å². The molecule has 204 valence electrons. The van der Waals surface area contributed by atoms with Gasteiger partial charge in [-0.2, -0.15) is 0 Å². The Bertz CT molecular complexity index is 1550. The Morgan fingerprint density at radius 1 is 0.675 bits per heavy atom. The van der Waals surface area contributed by atoms with Gasteiger partial charge < -0.3 is 5.32 Å². The number of benzene rings is 4. The van der Waals surface area contributed by atoms with Gasteiger partial charge in [0, 0.05) is 33.0 Å². The van der Waals surface area contributed by atoms with Gasteiger partial charge in [0.05, 0.1) is 12.7 Å². The van der Waals surface area contributed by atoms with E-state index in [4.69, 9.17) is 4.74 Å². The van der Waals surface area contributed by atoms with Crippen molar-refractivity contribution in [2.75, 3.05) is 5.32 Å². The summed E-state index contributed by atoms with van der Waals surface area (Å²) in [6.45, 7) is 12.1. The lowest BCUT2D eigenvalue weighted by molar-refractivity contribution is 0.835. The zero-order valence-electron chi connectivity index (χ0n) is 24.1. The minimum absolute atomic E-state index is 0.362. The van der Waals surface area contributed by atoms with E-state index in [0.717, 1.165) is 17.9 Å². The number of rotatable bonds is 9. The minimum Gasteiger partial charge on any atom is -0.380 e. The lowest BCUT2D eigenvalue weighted by atomic mass is 9.93. The predicted molar refractivity (Wildman–Crippen MR) is 178 cm³/mol. The summed E-state index contributed by atoms with van der Waals surface area (Å²) in [6, 6.07) is 39.7. The average molecular weight is 563 g/mol. The zero-order chi connectivity index (χ0) is 28.1. The SMILES string of the molecule is Cc1ccsc1CNc1ccccc1P(=Nc1c(C(C)C)cccc1C(C)C)(c1ccccc1)c1ccccc1. The van der Waals surface area contributed by atoms with Crippen molar-refractivity contribution in [1.82, 2.24) is 0 Å². The maximum Gasteiger partial charge on any atom is 0.0694 e. The first-order valence-electron chi connectivity index (χ1n) is 14.1. The molecule has 0 aliphatic rings. The van der Waals surface area contributed by atoms with Crippen LogP contribution in [-0.4, -0.2) is 0 Å². The van der Waals surface area contributed by atoms with Crippen LogP contribution in [0.1, 0.15) is 61.1 Å². The molecular formula is C36H39N2PS. The lowest BCUT2D eigenvalue weighted by Crippen LogP contribution is -2.27. The second kappa shape index (κ2) is 12.4. The van der Waals surface area contributed by atoms with Gasteiger partial charge in [0.1, 0.15) is 0 Å². The van der Waals surface area contributed by atoms with E-state index in [1.54, 1.807) is 0 Å². The highest BCUT2D eigenvalue weighted by atomic mass is 32.1. The molecule has 4 aromatic carbocycles. The van der Waals surface area contributed by atoms with E-state index in [2.05, 4.69) is 155 Å². The van der Waals surface area contributed by atoms with Crippen LogP contribution in [0.4, 0.5) is 11.4 Å². The van der Waals surface area contributed by atoms with Gasteiger partial charge in [-0.1, -0.05) is 125 Å².